The number of carbonyl (C=O) groups is 1. The van der Waals surface area contributed by atoms with Crippen molar-refractivity contribution in [2.24, 2.45) is 0 Å². The minimum absolute atomic E-state index is 0.0958. The molecule has 1 aromatic heterocycles. The van der Waals surface area contributed by atoms with Crippen LogP contribution in [-0.2, 0) is 34.2 Å². The molecule has 7 heteroatoms. The number of carbonyl (C=O) groups excluding carboxylic acids is 1. The zero-order valence-corrected chi connectivity index (χ0v) is 16.9. The van der Waals surface area contributed by atoms with Gasteiger partial charge in [-0.25, -0.2) is 8.42 Å². The van der Waals surface area contributed by atoms with E-state index in [2.05, 4.69) is 11.4 Å². The van der Waals surface area contributed by atoms with Crippen LogP contribution in [0.25, 0.3) is 0 Å². The van der Waals surface area contributed by atoms with Gasteiger partial charge < -0.3 is 4.90 Å². The SMILES string of the molecule is O=C(Cc1ccc(S(=O)(=O)N2CCCCC2)cc1)N1CCc2sccc2C1. The molecule has 0 bridgehead atoms. The van der Waals surface area contributed by atoms with Crippen LogP contribution < -0.4 is 0 Å². The highest BCUT2D eigenvalue weighted by molar-refractivity contribution is 7.89. The van der Waals surface area contributed by atoms with Crippen LogP contribution in [0, 0.1) is 0 Å². The van der Waals surface area contributed by atoms with Crippen LogP contribution in [0.15, 0.2) is 40.6 Å². The lowest BCUT2D eigenvalue weighted by Crippen LogP contribution is -2.36. The summed E-state index contributed by atoms with van der Waals surface area (Å²) in [6.07, 6.45) is 4.17. The highest BCUT2D eigenvalue weighted by atomic mass is 32.2. The highest BCUT2D eigenvalue weighted by Gasteiger charge is 2.26. The predicted octanol–water partition coefficient (Wildman–Crippen LogP) is 3.05. The molecule has 1 aromatic carbocycles. The number of piperidine rings is 1. The molecule has 2 aromatic rings. The molecule has 5 nitrogen and oxygen atoms in total. The van der Waals surface area contributed by atoms with Crippen LogP contribution in [-0.4, -0.2) is 43.2 Å². The molecule has 0 aliphatic carbocycles. The maximum atomic E-state index is 12.7. The van der Waals surface area contributed by atoms with Crippen molar-refractivity contribution >= 4 is 27.3 Å². The van der Waals surface area contributed by atoms with Crippen molar-refractivity contribution in [1.29, 1.82) is 0 Å². The number of rotatable bonds is 4. The van der Waals surface area contributed by atoms with E-state index in [1.165, 1.54) is 10.4 Å². The summed E-state index contributed by atoms with van der Waals surface area (Å²) in [6, 6.07) is 8.92. The molecule has 0 radical (unpaired) electrons. The maximum Gasteiger partial charge on any atom is 0.243 e. The monoisotopic (exact) mass is 404 g/mol. The van der Waals surface area contributed by atoms with E-state index >= 15 is 0 Å². The first kappa shape index (κ1) is 18.7. The Morgan fingerprint density at radius 3 is 2.48 bits per heavy atom. The van der Waals surface area contributed by atoms with Crippen molar-refractivity contribution in [2.45, 2.75) is 43.5 Å². The summed E-state index contributed by atoms with van der Waals surface area (Å²) in [7, 11) is -3.42. The van der Waals surface area contributed by atoms with Crippen molar-refractivity contribution in [3.8, 4) is 0 Å². The number of amides is 1. The summed E-state index contributed by atoms with van der Waals surface area (Å²) in [4.78, 5) is 16.2. The number of thiophene rings is 1. The number of benzene rings is 1. The second-order valence-corrected chi connectivity index (χ2v) is 10.2. The Morgan fingerprint density at radius 1 is 1.00 bits per heavy atom. The molecule has 0 saturated carbocycles. The van der Waals surface area contributed by atoms with E-state index in [1.54, 1.807) is 39.9 Å². The Balaban J connectivity index is 1.41. The number of fused-ring (bicyclic) bond motifs is 1. The van der Waals surface area contributed by atoms with Crippen LogP contribution >= 0.6 is 11.3 Å². The van der Waals surface area contributed by atoms with Gasteiger partial charge in [0.1, 0.15) is 0 Å². The summed E-state index contributed by atoms with van der Waals surface area (Å²) in [5, 5.41) is 2.08. The molecule has 4 rings (SSSR count). The zero-order valence-electron chi connectivity index (χ0n) is 15.3. The first-order chi connectivity index (χ1) is 13.0. The van der Waals surface area contributed by atoms with Crippen molar-refractivity contribution in [3.05, 3.63) is 51.7 Å². The molecule has 0 N–H and O–H groups in total. The van der Waals surface area contributed by atoms with Gasteiger partial charge in [-0.2, -0.15) is 4.31 Å². The first-order valence-electron chi connectivity index (χ1n) is 9.46. The van der Waals surface area contributed by atoms with Crippen LogP contribution in [0.4, 0.5) is 0 Å². The second-order valence-electron chi connectivity index (χ2n) is 7.22. The lowest BCUT2D eigenvalue weighted by molar-refractivity contribution is -0.131. The second kappa shape index (κ2) is 7.73. The number of hydrogen-bond acceptors (Lipinski definition) is 4. The average molecular weight is 405 g/mol. The Bertz CT molecular complexity index is 913. The smallest absolute Gasteiger partial charge is 0.243 e. The van der Waals surface area contributed by atoms with Crippen LogP contribution in [0.5, 0.6) is 0 Å². The maximum absolute atomic E-state index is 12.7. The molecule has 2 aliphatic rings. The summed E-state index contributed by atoms with van der Waals surface area (Å²) in [5.41, 5.74) is 2.11. The largest absolute Gasteiger partial charge is 0.338 e. The van der Waals surface area contributed by atoms with Gasteiger partial charge in [-0.05, 0) is 54.0 Å². The Kier molecular flexibility index (Phi) is 5.34. The van der Waals surface area contributed by atoms with E-state index in [9.17, 15) is 13.2 Å². The fourth-order valence-electron chi connectivity index (χ4n) is 3.78. The topological polar surface area (TPSA) is 57.7 Å². The lowest BCUT2D eigenvalue weighted by atomic mass is 10.1. The van der Waals surface area contributed by atoms with E-state index in [-0.39, 0.29) is 5.91 Å². The lowest BCUT2D eigenvalue weighted by Gasteiger charge is -2.27. The summed E-state index contributed by atoms with van der Waals surface area (Å²) >= 11 is 1.76. The summed E-state index contributed by atoms with van der Waals surface area (Å²) in [5.74, 6) is 0.0958. The van der Waals surface area contributed by atoms with Gasteiger partial charge in [0.2, 0.25) is 15.9 Å². The molecule has 0 atom stereocenters. The fraction of sp³-hybridized carbons (Fsp3) is 0.450. The Hall–Kier alpha value is -1.70. The summed E-state index contributed by atoms with van der Waals surface area (Å²) < 4.78 is 27.0. The normalized spacial score (nSPS) is 18.3. The number of nitrogens with zero attached hydrogens (tertiary/aromatic N) is 2. The van der Waals surface area contributed by atoms with Gasteiger partial charge in [0.15, 0.2) is 0 Å². The zero-order chi connectivity index (χ0) is 18.9. The first-order valence-corrected chi connectivity index (χ1v) is 11.8. The van der Waals surface area contributed by atoms with Crippen LogP contribution in [0.2, 0.25) is 0 Å². The highest BCUT2D eigenvalue weighted by Crippen LogP contribution is 2.25. The van der Waals surface area contributed by atoms with E-state index in [4.69, 9.17) is 0 Å². The molecule has 27 heavy (non-hydrogen) atoms. The van der Waals surface area contributed by atoms with Gasteiger partial charge >= 0.3 is 0 Å². The van der Waals surface area contributed by atoms with Crippen molar-refractivity contribution in [3.63, 3.8) is 0 Å². The minimum atomic E-state index is -3.42. The van der Waals surface area contributed by atoms with E-state index in [0.717, 1.165) is 37.8 Å². The molecule has 1 amide bonds. The van der Waals surface area contributed by atoms with Crippen LogP contribution in [0.1, 0.15) is 35.3 Å². The third-order valence-electron chi connectivity index (χ3n) is 5.39. The van der Waals surface area contributed by atoms with E-state index in [1.807, 2.05) is 4.90 Å². The average Bonchev–Trinajstić information content (AvgIpc) is 3.17. The number of sulfonamides is 1. The molecular formula is C20H24N2O3S2. The Labute approximate surface area is 164 Å². The molecule has 0 spiro atoms. The minimum Gasteiger partial charge on any atom is -0.338 e. The van der Waals surface area contributed by atoms with Crippen LogP contribution in [0.3, 0.4) is 0 Å². The number of hydrogen-bond donors (Lipinski definition) is 0. The van der Waals surface area contributed by atoms with Gasteiger partial charge in [0, 0.05) is 31.1 Å². The molecule has 3 heterocycles. The molecular weight excluding hydrogens is 380 g/mol. The van der Waals surface area contributed by atoms with Gasteiger partial charge in [-0.3, -0.25) is 4.79 Å². The Morgan fingerprint density at radius 2 is 1.74 bits per heavy atom. The van der Waals surface area contributed by atoms with Gasteiger partial charge in [0.25, 0.3) is 0 Å². The molecule has 1 saturated heterocycles. The third-order valence-corrected chi connectivity index (χ3v) is 8.33. The van der Waals surface area contributed by atoms with Crippen molar-refractivity contribution in [1.82, 2.24) is 9.21 Å². The third kappa shape index (κ3) is 3.95. The van der Waals surface area contributed by atoms with Gasteiger partial charge in [-0.1, -0.05) is 18.6 Å². The predicted molar refractivity (Wildman–Crippen MR) is 106 cm³/mol. The van der Waals surface area contributed by atoms with E-state index < -0.39 is 10.0 Å². The van der Waals surface area contributed by atoms with Crippen molar-refractivity contribution in [2.75, 3.05) is 19.6 Å². The molecule has 144 valence electrons. The standard InChI is InChI=1S/C20H24N2O3S2/c23-20(21-12-8-19-17(15-21)9-13-26-19)14-16-4-6-18(7-5-16)27(24,25)22-10-2-1-3-11-22/h4-7,9,13H,1-3,8,10-12,14-15H2. The van der Waals surface area contributed by atoms with E-state index in [0.29, 0.717) is 31.0 Å². The summed E-state index contributed by atoms with van der Waals surface area (Å²) in [6.45, 7) is 2.64. The molecule has 0 unspecified atom stereocenters. The fourth-order valence-corrected chi connectivity index (χ4v) is 6.19. The molecule has 1 fully saturated rings. The quantitative estimate of drug-likeness (QED) is 0.787. The van der Waals surface area contributed by atoms with Crippen molar-refractivity contribution < 1.29 is 13.2 Å². The van der Waals surface area contributed by atoms with Gasteiger partial charge in [-0.15, -0.1) is 11.3 Å². The molecule has 2 aliphatic heterocycles. The van der Waals surface area contributed by atoms with Gasteiger partial charge in [0.05, 0.1) is 11.3 Å².